The molecule has 5 saturated heterocycles. The summed E-state index contributed by atoms with van der Waals surface area (Å²) in [6, 6.07) is 6.77. The number of anilines is 2. The number of amides is 3. The van der Waals surface area contributed by atoms with E-state index in [1.807, 2.05) is 24.3 Å². The third-order valence-corrected chi connectivity index (χ3v) is 14.8. The van der Waals surface area contributed by atoms with Crippen LogP contribution in [0.4, 0.5) is 24.7 Å². The second-order valence-electron chi connectivity index (χ2n) is 18.6. The number of halogens is 3. The van der Waals surface area contributed by atoms with Crippen molar-refractivity contribution < 1.29 is 32.3 Å². The standard InChI is InChI=1S/C44H51F3N12O5/c1-53-39-29(3-2-4-34(39)59(44(53)63)35-9-10-37(60)51-43(35)62)25-18-55(19-25)33-11-13-54(21-31(33)45)17-24-5-7-26(8-6-24)58-22-32(38(52-58)40(46)47)49-42(61)30-16-48-57-14-12-36(50-41(30)57)56-20-28-15-27(56)23-64-28/h2-4,12,14,16,22,24-28,31,33,35,40H,5-11,13,15,17-21,23H2,1H3,(H,49,61)(H,51,60,62)/t24-,26-,27-,28-,31+,33-,35?/m1/s1. The van der Waals surface area contributed by atoms with Crippen molar-refractivity contribution in [3.8, 4) is 0 Å². The number of carbonyl (C=O) groups is 3. The molecule has 6 aliphatic rings. The third kappa shape index (κ3) is 7.17. The molecule has 1 saturated carbocycles. The highest BCUT2D eigenvalue weighted by molar-refractivity contribution is 6.08. The van der Waals surface area contributed by atoms with Crippen molar-refractivity contribution in [1.82, 2.24) is 48.6 Å². The second-order valence-corrected chi connectivity index (χ2v) is 18.6. The number of imidazole rings is 1. The van der Waals surface area contributed by atoms with Gasteiger partial charge in [-0.3, -0.25) is 38.4 Å². The van der Waals surface area contributed by atoms with Gasteiger partial charge in [-0.25, -0.2) is 27.5 Å². The zero-order valence-electron chi connectivity index (χ0n) is 35.5. The highest BCUT2D eigenvalue weighted by Crippen LogP contribution is 2.39. The number of imide groups is 1. The number of nitrogens with zero attached hydrogens (tertiary/aromatic N) is 10. The number of fused-ring (bicyclic) bond motifs is 4. The van der Waals surface area contributed by atoms with E-state index in [0.29, 0.717) is 49.7 Å². The third-order valence-electron chi connectivity index (χ3n) is 14.8. The largest absolute Gasteiger partial charge is 0.374 e. The Kier molecular flexibility index (Phi) is 10.4. The molecule has 5 atom stereocenters. The van der Waals surface area contributed by atoms with Gasteiger partial charge >= 0.3 is 5.69 Å². The Bertz CT molecular complexity index is 2700. The first-order valence-corrected chi connectivity index (χ1v) is 22.5. The van der Waals surface area contributed by atoms with Gasteiger partial charge in [-0.1, -0.05) is 12.1 Å². The SMILES string of the molecule is Cn1c(=O)n(C2CCC(=O)NC2=O)c2cccc(C3CN([C@@H]4CCN(C[C@H]5CC[C@H](n6cc(NC(=O)c7cnn8ccc(N9C[C@H]%10C[C@@H]9CO%10)nc78)c(C(F)F)n6)CC5)C[C@@H]4F)C3)c21. The van der Waals surface area contributed by atoms with Crippen LogP contribution in [0.3, 0.4) is 0 Å². The average molecular weight is 885 g/mol. The van der Waals surface area contributed by atoms with Crippen LogP contribution < -0.4 is 21.2 Å². The minimum Gasteiger partial charge on any atom is -0.374 e. The number of aryl methyl sites for hydroxylation is 1. The minimum absolute atomic E-state index is 0.0384. The molecular weight excluding hydrogens is 834 g/mol. The fourth-order valence-corrected chi connectivity index (χ4v) is 11.4. The number of carbonyl (C=O) groups excluding carboxylic acids is 3. The molecule has 4 aromatic heterocycles. The van der Waals surface area contributed by atoms with Crippen LogP contribution in [0.25, 0.3) is 16.7 Å². The summed E-state index contributed by atoms with van der Waals surface area (Å²) in [6.07, 6.45) is 6.14. The van der Waals surface area contributed by atoms with E-state index in [0.717, 1.165) is 68.6 Å². The van der Waals surface area contributed by atoms with Crippen molar-refractivity contribution in [3.63, 3.8) is 0 Å². The average Bonchev–Trinajstić information content (AvgIpc) is 4.12. The lowest BCUT2D eigenvalue weighted by Crippen LogP contribution is -2.59. The van der Waals surface area contributed by atoms with Crippen LogP contribution in [0.15, 0.2) is 47.7 Å². The number of rotatable bonds is 10. The van der Waals surface area contributed by atoms with Crippen molar-refractivity contribution >= 4 is 45.9 Å². The molecule has 9 heterocycles. The molecule has 2 N–H and O–H groups in total. The summed E-state index contributed by atoms with van der Waals surface area (Å²) >= 11 is 0. The van der Waals surface area contributed by atoms with Gasteiger partial charge in [0.05, 0.1) is 47.7 Å². The first kappa shape index (κ1) is 41.1. The molecule has 338 valence electrons. The predicted octanol–water partition coefficient (Wildman–Crippen LogP) is 3.97. The number of para-hydroxylation sites is 1. The summed E-state index contributed by atoms with van der Waals surface area (Å²) in [5.41, 5.74) is 2.11. The van der Waals surface area contributed by atoms with E-state index in [1.54, 1.807) is 22.5 Å². The van der Waals surface area contributed by atoms with Gasteiger partial charge in [0.2, 0.25) is 11.8 Å². The zero-order chi connectivity index (χ0) is 44.0. The second kappa shape index (κ2) is 16.1. The number of piperidine rings is 2. The van der Waals surface area contributed by atoms with Crippen LogP contribution in [-0.4, -0.2) is 131 Å². The van der Waals surface area contributed by atoms with E-state index in [2.05, 4.69) is 35.5 Å². The molecule has 5 aromatic rings. The van der Waals surface area contributed by atoms with E-state index < -0.39 is 36.1 Å². The molecule has 20 heteroatoms. The number of nitrogens with one attached hydrogen (secondary N) is 2. The van der Waals surface area contributed by atoms with Crippen molar-refractivity contribution in [1.29, 1.82) is 0 Å². The fraction of sp³-hybridized carbons (Fsp3) is 0.568. The molecule has 11 rings (SSSR count). The van der Waals surface area contributed by atoms with Gasteiger partial charge in [0.15, 0.2) is 11.3 Å². The van der Waals surface area contributed by atoms with E-state index in [1.165, 1.54) is 21.5 Å². The van der Waals surface area contributed by atoms with Crippen LogP contribution in [0.5, 0.6) is 0 Å². The van der Waals surface area contributed by atoms with Crippen LogP contribution >= 0.6 is 0 Å². The number of ether oxygens (including phenoxy) is 1. The first-order chi connectivity index (χ1) is 31.0. The van der Waals surface area contributed by atoms with Crippen LogP contribution in [0.1, 0.15) is 97.4 Å². The van der Waals surface area contributed by atoms with Crippen molar-refractivity contribution in [3.05, 3.63) is 70.2 Å². The number of likely N-dealkylation sites (tertiary alicyclic amines) is 2. The smallest absolute Gasteiger partial charge is 0.329 e. The number of aromatic nitrogens is 7. The molecule has 1 aromatic carbocycles. The maximum Gasteiger partial charge on any atom is 0.329 e. The first-order valence-electron chi connectivity index (χ1n) is 22.5. The molecule has 1 unspecified atom stereocenters. The summed E-state index contributed by atoms with van der Waals surface area (Å²) in [5.74, 6) is -0.224. The molecule has 3 amide bonds. The van der Waals surface area contributed by atoms with E-state index in [9.17, 15) is 28.0 Å². The molecule has 2 bridgehead atoms. The van der Waals surface area contributed by atoms with Crippen LogP contribution in [0, 0.1) is 5.92 Å². The summed E-state index contributed by atoms with van der Waals surface area (Å²) in [5, 5.41) is 13.6. The van der Waals surface area contributed by atoms with Gasteiger partial charge in [-0.2, -0.15) is 10.2 Å². The summed E-state index contributed by atoms with van der Waals surface area (Å²) < 4.78 is 56.5. The monoisotopic (exact) mass is 884 g/mol. The Labute approximate surface area is 365 Å². The van der Waals surface area contributed by atoms with Crippen molar-refractivity contribution in [2.24, 2.45) is 13.0 Å². The molecule has 17 nitrogen and oxygen atoms in total. The number of morpholine rings is 1. The summed E-state index contributed by atoms with van der Waals surface area (Å²) in [6.45, 7) is 4.60. The zero-order valence-corrected chi connectivity index (χ0v) is 35.5. The van der Waals surface area contributed by atoms with Gasteiger partial charge in [-0.15, -0.1) is 0 Å². The van der Waals surface area contributed by atoms with Gasteiger partial charge in [0.25, 0.3) is 12.3 Å². The Morgan fingerprint density at radius 3 is 2.58 bits per heavy atom. The number of hydrogen-bond acceptors (Lipinski definition) is 11. The normalized spacial score (nSPS) is 28.1. The van der Waals surface area contributed by atoms with E-state index in [4.69, 9.17) is 9.72 Å². The lowest BCUT2D eigenvalue weighted by atomic mass is 9.84. The molecule has 1 aliphatic carbocycles. The lowest BCUT2D eigenvalue weighted by Gasteiger charge is -2.49. The topological polar surface area (TPSA) is 169 Å². The Morgan fingerprint density at radius 2 is 1.84 bits per heavy atom. The molecule has 0 radical (unpaired) electrons. The van der Waals surface area contributed by atoms with E-state index >= 15 is 4.39 Å². The van der Waals surface area contributed by atoms with Gasteiger partial charge in [-0.05, 0) is 75.1 Å². The maximum atomic E-state index is 15.9. The molecular formula is C44H51F3N12O5. The highest BCUT2D eigenvalue weighted by Gasteiger charge is 2.43. The van der Waals surface area contributed by atoms with Gasteiger partial charge in [0, 0.05) is 70.5 Å². The highest BCUT2D eigenvalue weighted by atomic mass is 19.3. The Balaban J connectivity index is 0.680. The number of hydrogen-bond donors (Lipinski definition) is 2. The van der Waals surface area contributed by atoms with E-state index in [-0.39, 0.29) is 65.8 Å². The molecule has 64 heavy (non-hydrogen) atoms. The van der Waals surface area contributed by atoms with Gasteiger partial charge in [0.1, 0.15) is 23.6 Å². The predicted molar refractivity (Wildman–Crippen MR) is 227 cm³/mol. The molecule has 6 fully saturated rings. The number of benzene rings is 1. The van der Waals surface area contributed by atoms with Crippen LogP contribution in [0.2, 0.25) is 0 Å². The lowest BCUT2D eigenvalue weighted by molar-refractivity contribution is -0.135. The molecule has 0 spiro atoms. The van der Waals surface area contributed by atoms with Gasteiger partial charge < -0.3 is 19.9 Å². The summed E-state index contributed by atoms with van der Waals surface area (Å²) in [7, 11) is 1.71. The fourth-order valence-electron chi connectivity index (χ4n) is 11.4. The Morgan fingerprint density at radius 1 is 1.02 bits per heavy atom. The Hall–Kier alpha value is -5.60. The summed E-state index contributed by atoms with van der Waals surface area (Å²) in [4.78, 5) is 62.8. The van der Waals surface area contributed by atoms with Crippen LogP contribution in [-0.2, 0) is 21.4 Å². The van der Waals surface area contributed by atoms with Crippen molar-refractivity contribution in [2.45, 2.75) is 100 Å². The number of alkyl halides is 3. The quantitative estimate of drug-likeness (QED) is 0.195. The van der Waals surface area contributed by atoms with Crippen molar-refractivity contribution in [2.75, 3.05) is 56.1 Å². The maximum absolute atomic E-state index is 15.9. The molecule has 5 aliphatic heterocycles. The minimum atomic E-state index is -2.89.